The Balaban J connectivity index is 2.37. The molecule has 0 spiro atoms. The van der Waals surface area contributed by atoms with Gasteiger partial charge in [-0.1, -0.05) is 25.4 Å². The highest BCUT2D eigenvalue weighted by molar-refractivity contribution is 6.31. The maximum atomic E-state index is 12.9. The number of nitrogens with one attached hydrogen (secondary N) is 2. The average Bonchev–Trinajstić information content (AvgIpc) is 2.33. The highest BCUT2D eigenvalue weighted by atomic mass is 35.5. The predicted molar refractivity (Wildman–Crippen MR) is 73.9 cm³/mol. The third kappa shape index (κ3) is 5.44. The molecule has 19 heavy (non-hydrogen) atoms. The van der Waals surface area contributed by atoms with Crippen molar-refractivity contribution in [3.05, 3.63) is 29.0 Å². The van der Waals surface area contributed by atoms with Crippen molar-refractivity contribution >= 4 is 23.3 Å². The van der Waals surface area contributed by atoms with Gasteiger partial charge in [0, 0.05) is 12.2 Å². The monoisotopic (exact) mass is 288 g/mol. The number of halogens is 2. The number of rotatable bonds is 5. The molecule has 106 valence electrons. The van der Waals surface area contributed by atoms with Crippen molar-refractivity contribution in [2.75, 3.05) is 11.9 Å². The number of hydrogen-bond acceptors (Lipinski definition) is 2. The van der Waals surface area contributed by atoms with Gasteiger partial charge in [0.2, 0.25) is 0 Å². The molecule has 6 heteroatoms. The molecule has 0 heterocycles. The standard InChI is InChI=1S/C13H18ClFN2O2/c1-8(2)12(18)5-6-16-13(19)17-9-3-4-11(15)10(14)7-9/h3-4,7-8,12,18H,5-6H2,1-2H3,(H2,16,17,19). The maximum Gasteiger partial charge on any atom is 0.319 e. The van der Waals surface area contributed by atoms with Crippen LogP contribution in [0, 0.1) is 11.7 Å². The van der Waals surface area contributed by atoms with Gasteiger partial charge in [0.1, 0.15) is 5.82 Å². The zero-order valence-electron chi connectivity index (χ0n) is 10.9. The number of aliphatic hydroxyl groups is 1. The van der Waals surface area contributed by atoms with Crippen molar-refractivity contribution in [1.29, 1.82) is 0 Å². The normalized spacial score (nSPS) is 12.3. The fraction of sp³-hybridized carbons (Fsp3) is 0.462. The molecule has 3 N–H and O–H groups in total. The number of aliphatic hydroxyl groups excluding tert-OH is 1. The number of amides is 2. The first kappa shape index (κ1) is 15.7. The smallest absolute Gasteiger partial charge is 0.319 e. The summed E-state index contributed by atoms with van der Waals surface area (Å²) in [6, 6.07) is 3.52. The van der Waals surface area contributed by atoms with E-state index in [1.807, 2.05) is 13.8 Å². The van der Waals surface area contributed by atoms with Crippen LogP contribution in [0.3, 0.4) is 0 Å². The molecule has 0 aliphatic rings. The minimum atomic E-state index is -0.535. The molecule has 1 aromatic rings. The van der Waals surface area contributed by atoms with Crippen LogP contribution in [0.5, 0.6) is 0 Å². The topological polar surface area (TPSA) is 61.4 Å². The second kappa shape index (κ2) is 7.31. The molecule has 2 amide bonds. The van der Waals surface area contributed by atoms with Crippen LogP contribution in [-0.2, 0) is 0 Å². The van der Waals surface area contributed by atoms with Gasteiger partial charge in [-0.3, -0.25) is 0 Å². The zero-order valence-corrected chi connectivity index (χ0v) is 11.7. The van der Waals surface area contributed by atoms with Gasteiger partial charge >= 0.3 is 6.03 Å². The number of hydrogen-bond donors (Lipinski definition) is 3. The number of urea groups is 1. The maximum absolute atomic E-state index is 12.9. The molecule has 0 aliphatic heterocycles. The van der Waals surface area contributed by atoms with Gasteiger partial charge in [0.05, 0.1) is 11.1 Å². The molecule has 1 unspecified atom stereocenters. The molecule has 0 radical (unpaired) electrons. The van der Waals surface area contributed by atoms with Gasteiger partial charge in [0.15, 0.2) is 0 Å². The molecule has 0 bridgehead atoms. The third-order valence-electron chi connectivity index (χ3n) is 2.67. The lowest BCUT2D eigenvalue weighted by Crippen LogP contribution is -2.32. The Hall–Kier alpha value is -1.33. The summed E-state index contributed by atoms with van der Waals surface area (Å²) in [7, 11) is 0. The summed E-state index contributed by atoms with van der Waals surface area (Å²) in [4.78, 5) is 11.5. The highest BCUT2D eigenvalue weighted by Crippen LogP contribution is 2.19. The second-order valence-electron chi connectivity index (χ2n) is 4.61. The highest BCUT2D eigenvalue weighted by Gasteiger charge is 2.09. The number of carbonyl (C=O) groups is 1. The second-order valence-corrected chi connectivity index (χ2v) is 5.02. The minimum absolute atomic E-state index is 0.0481. The summed E-state index contributed by atoms with van der Waals surface area (Å²) in [5, 5.41) is 14.7. The van der Waals surface area contributed by atoms with Gasteiger partial charge < -0.3 is 15.7 Å². The number of anilines is 1. The van der Waals surface area contributed by atoms with Crippen LogP contribution in [0.1, 0.15) is 20.3 Å². The van der Waals surface area contributed by atoms with Gasteiger partial charge in [-0.05, 0) is 30.5 Å². The van der Waals surface area contributed by atoms with E-state index in [0.717, 1.165) is 0 Å². The van der Waals surface area contributed by atoms with Gasteiger partial charge in [-0.2, -0.15) is 0 Å². The Morgan fingerprint density at radius 3 is 2.74 bits per heavy atom. The van der Waals surface area contributed by atoms with Crippen molar-refractivity contribution in [1.82, 2.24) is 5.32 Å². The minimum Gasteiger partial charge on any atom is -0.393 e. The molecule has 0 saturated carbocycles. The van der Waals surface area contributed by atoms with Crippen LogP contribution >= 0.6 is 11.6 Å². The molecule has 1 atom stereocenters. The number of carbonyl (C=O) groups excluding carboxylic acids is 1. The SMILES string of the molecule is CC(C)C(O)CCNC(=O)Nc1ccc(F)c(Cl)c1. The summed E-state index contributed by atoms with van der Waals surface area (Å²) in [6.07, 6.45) is 0.0375. The van der Waals surface area contributed by atoms with E-state index in [4.69, 9.17) is 11.6 Å². The molecule has 0 saturated heterocycles. The van der Waals surface area contributed by atoms with Crippen LogP contribution in [0.25, 0.3) is 0 Å². The predicted octanol–water partition coefficient (Wildman–Crippen LogP) is 3.01. The van der Waals surface area contributed by atoms with Crippen LogP contribution in [0.2, 0.25) is 5.02 Å². The zero-order chi connectivity index (χ0) is 14.4. The fourth-order valence-corrected chi connectivity index (χ4v) is 1.60. The molecule has 0 aromatic heterocycles. The van der Waals surface area contributed by atoms with Crippen molar-refractivity contribution in [2.24, 2.45) is 5.92 Å². The van der Waals surface area contributed by atoms with Crippen molar-refractivity contribution in [2.45, 2.75) is 26.4 Å². The summed E-state index contributed by atoms with van der Waals surface area (Å²) < 4.78 is 12.9. The lowest BCUT2D eigenvalue weighted by Gasteiger charge is -2.14. The van der Waals surface area contributed by atoms with Gasteiger partial charge in [-0.25, -0.2) is 9.18 Å². The Kier molecular flexibility index (Phi) is 6.05. The van der Waals surface area contributed by atoms with E-state index in [9.17, 15) is 14.3 Å². The largest absolute Gasteiger partial charge is 0.393 e. The van der Waals surface area contributed by atoms with E-state index < -0.39 is 18.0 Å². The lowest BCUT2D eigenvalue weighted by atomic mass is 10.0. The van der Waals surface area contributed by atoms with Crippen molar-refractivity contribution in [3.63, 3.8) is 0 Å². The summed E-state index contributed by atoms with van der Waals surface area (Å²) in [5.74, 6) is -0.381. The Morgan fingerprint density at radius 1 is 1.47 bits per heavy atom. The van der Waals surface area contributed by atoms with Crippen LogP contribution in [-0.4, -0.2) is 23.8 Å². The van der Waals surface area contributed by atoms with Crippen LogP contribution < -0.4 is 10.6 Å². The van der Waals surface area contributed by atoms with Gasteiger partial charge in [0.25, 0.3) is 0 Å². The molecular weight excluding hydrogens is 271 g/mol. The van der Waals surface area contributed by atoms with Crippen LogP contribution in [0.15, 0.2) is 18.2 Å². The first-order valence-corrected chi connectivity index (χ1v) is 6.46. The van der Waals surface area contributed by atoms with Crippen molar-refractivity contribution in [3.8, 4) is 0 Å². The van der Waals surface area contributed by atoms with E-state index in [2.05, 4.69) is 10.6 Å². The van der Waals surface area contributed by atoms with E-state index in [1.165, 1.54) is 18.2 Å². The Morgan fingerprint density at radius 2 is 2.16 bits per heavy atom. The molecule has 4 nitrogen and oxygen atoms in total. The molecule has 0 fully saturated rings. The quantitative estimate of drug-likeness (QED) is 0.780. The van der Waals surface area contributed by atoms with E-state index in [-0.39, 0.29) is 10.9 Å². The van der Waals surface area contributed by atoms with E-state index >= 15 is 0 Å². The molecule has 0 aliphatic carbocycles. The summed E-state index contributed by atoms with van der Waals surface area (Å²) in [6.45, 7) is 4.18. The Bertz CT molecular complexity index is 441. The summed E-state index contributed by atoms with van der Waals surface area (Å²) in [5.41, 5.74) is 0.410. The number of benzene rings is 1. The Labute approximate surface area is 117 Å². The van der Waals surface area contributed by atoms with E-state index in [1.54, 1.807) is 0 Å². The first-order valence-electron chi connectivity index (χ1n) is 6.08. The van der Waals surface area contributed by atoms with Gasteiger partial charge in [-0.15, -0.1) is 0 Å². The van der Waals surface area contributed by atoms with E-state index in [0.29, 0.717) is 18.7 Å². The third-order valence-corrected chi connectivity index (χ3v) is 2.96. The lowest BCUT2D eigenvalue weighted by molar-refractivity contribution is 0.117. The summed E-state index contributed by atoms with van der Waals surface area (Å²) >= 11 is 5.60. The molecule has 1 rings (SSSR count). The molecular formula is C13H18ClFN2O2. The molecule has 1 aromatic carbocycles. The van der Waals surface area contributed by atoms with Crippen molar-refractivity contribution < 1.29 is 14.3 Å². The van der Waals surface area contributed by atoms with Crippen LogP contribution in [0.4, 0.5) is 14.9 Å². The first-order chi connectivity index (χ1) is 8.90. The average molecular weight is 289 g/mol. The fourth-order valence-electron chi connectivity index (χ4n) is 1.42.